The fourth-order valence-electron chi connectivity index (χ4n) is 1.82. The summed E-state index contributed by atoms with van der Waals surface area (Å²) in [4.78, 5) is 32.8. The lowest BCUT2D eigenvalue weighted by molar-refractivity contribution is -0.142. The van der Waals surface area contributed by atoms with Crippen molar-refractivity contribution in [2.75, 3.05) is 6.61 Å². The molecule has 0 aromatic carbocycles. The van der Waals surface area contributed by atoms with E-state index in [1.807, 2.05) is 13.0 Å². The van der Waals surface area contributed by atoms with Crippen molar-refractivity contribution >= 4 is 39.3 Å². The van der Waals surface area contributed by atoms with Crippen LogP contribution >= 0.6 is 23.1 Å². The van der Waals surface area contributed by atoms with Crippen molar-refractivity contribution < 1.29 is 9.53 Å². The molecule has 0 radical (unpaired) electrons. The van der Waals surface area contributed by atoms with Gasteiger partial charge in [-0.1, -0.05) is 25.6 Å². The van der Waals surface area contributed by atoms with E-state index < -0.39 is 5.25 Å². The highest BCUT2D eigenvalue weighted by Crippen LogP contribution is 2.25. The lowest BCUT2D eigenvalue weighted by Crippen LogP contribution is -2.19. The Bertz CT molecular complexity index is 721. The monoisotopic (exact) mass is 340 g/mol. The second-order valence-electron chi connectivity index (χ2n) is 5.56. The molecule has 0 bridgehead atoms. The van der Waals surface area contributed by atoms with Gasteiger partial charge in [-0.05, 0) is 32.3 Å². The number of thioether (sulfide) groups is 1. The zero-order chi connectivity index (χ0) is 16.3. The maximum absolute atomic E-state index is 12.0. The molecule has 2 aromatic rings. The molecule has 0 spiro atoms. The largest absolute Gasteiger partial charge is 0.465 e. The van der Waals surface area contributed by atoms with E-state index in [1.54, 1.807) is 6.92 Å². The quantitative estimate of drug-likeness (QED) is 0.496. The predicted molar refractivity (Wildman–Crippen MR) is 90.7 cm³/mol. The van der Waals surface area contributed by atoms with E-state index >= 15 is 0 Å². The fourth-order valence-corrected chi connectivity index (χ4v) is 3.55. The molecule has 0 fully saturated rings. The van der Waals surface area contributed by atoms with Gasteiger partial charge >= 0.3 is 5.97 Å². The van der Waals surface area contributed by atoms with Crippen LogP contribution in [0.1, 0.15) is 32.1 Å². The van der Waals surface area contributed by atoms with Crippen molar-refractivity contribution in [3.63, 3.8) is 0 Å². The first kappa shape index (κ1) is 17.0. The molecule has 1 atom stereocenters. The Kier molecular flexibility index (Phi) is 5.63. The summed E-state index contributed by atoms with van der Waals surface area (Å²) < 4.78 is 5.23. The summed E-state index contributed by atoms with van der Waals surface area (Å²) >= 11 is 2.69. The third-order valence-corrected chi connectivity index (χ3v) is 4.97. The van der Waals surface area contributed by atoms with Crippen LogP contribution in [0.2, 0.25) is 0 Å². The first-order valence-electron chi connectivity index (χ1n) is 7.20. The average Bonchev–Trinajstić information content (AvgIpc) is 2.79. The van der Waals surface area contributed by atoms with Crippen LogP contribution in [0.3, 0.4) is 0 Å². The van der Waals surface area contributed by atoms with Gasteiger partial charge in [0.05, 0.1) is 12.0 Å². The Labute approximate surface area is 137 Å². The van der Waals surface area contributed by atoms with Gasteiger partial charge in [0, 0.05) is 4.88 Å². The van der Waals surface area contributed by atoms with Crippen LogP contribution in [-0.4, -0.2) is 27.8 Å². The molecule has 0 saturated carbocycles. The van der Waals surface area contributed by atoms with Gasteiger partial charge in [-0.3, -0.25) is 9.59 Å². The molecule has 1 N–H and O–H groups in total. The Morgan fingerprint density at radius 3 is 2.86 bits per heavy atom. The van der Waals surface area contributed by atoms with Gasteiger partial charge in [-0.15, -0.1) is 11.3 Å². The number of carbonyl (C=O) groups is 1. The molecule has 2 heterocycles. The van der Waals surface area contributed by atoms with Crippen LogP contribution in [0.15, 0.2) is 16.0 Å². The Morgan fingerprint density at radius 2 is 2.18 bits per heavy atom. The number of hydrogen-bond donors (Lipinski definition) is 1. The molecule has 120 valence electrons. The summed E-state index contributed by atoms with van der Waals surface area (Å²) in [6.07, 6.45) is 0.846. The molecule has 5 nitrogen and oxygen atoms in total. The van der Waals surface area contributed by atoms with Crippen molar-refractivity contribution in [3.05, 3.63) is 21.3 Å². The number of fused-ring (bicyclic) bond motifs is 1. The second kappa shape index (κ2) is 7.28. The van der Waals surface area contributed by atoms with E-state index in [4.69, 9.17) is 4.74 Å². The standard InChI is InChI=1S/C15H20N2O3S2/c1-8(2)5-6-20-14(19)10(4)22-15-16-12(18)11-7-9(3)21-13(11)17-15/h7-8,10H,5-6H2,1-4H3,(H,16,17,18). The van der Waals surface area contributed by atoms with Gasteiger partial charge in [-0.2, -0.15) is 0 Å². The molecule has 22 heavy (non-hydrogen) atoms. The maximum atomic E-state index is 12.0. The normalized spacial score (nSPS) is 12.8. The van der Waals surface area contributed by atoms with Gasteiger partial charge in [0.1, 0.15) is 10.1 Å². The number of esters is 1. The van der Waals surface area contributed by atoms with Crippen LogP contribution in [0.5, 0.6) is 0 Å². The second-order valence-corrected chi connectivity index (χ2v) is 8.12. The lowest BCUT2D eigenvalue weighted by atomic mass is 10.1. The molecule has 7 heteroatoms. The van der Waals surface area contributed by atoms with Crippen LogP contribution in [0, 0.1) is 12.8 Å². The number of nitrogens with zero attached hydrogens (tertiary/aromatic N) is 1. The van der Waals surface area contributed by atoms with Crippen LogP contribution in [0.25, 0.3) is 10.2 Å². The summed E-state index contributed by atoms with van der Waals surface area (Å²) in [5.74, 6) is 0.217. The molecule has 2 rings (SSSR count). The molecule has 0 aliphatic heterocycles. The predicted octanol–water partition coefficient (Wildman–Crippen LogP) is 3.36. The van der Waals surface area contributed by atoms with Gasteiger partial charge in [0.25, 0.3) is 5.56 Å². The summed E-state index contributed by atoms with van der Waals surface area (Å²) in [7, 11) is 0. The lowest BCUT2D eigenvalue weighted by Gasteiger charge is -2.11. The van der Waals surface area contributed by atoms with E-state index in [1.165, 1.54) is 23.1 Å². The summed E-state index contributed by atoms with van der Waals surface area (Å²) in [6.45, 7) is 8.28. The van der Waals surface area contributed by atoms with Crippen LogP contribution in [0.4, 0.5) is 0 Å². The van der Waals surface area contributed by atoms with E-state index in [9.17, 15) is 9.59 Å². The summed E-state index contributed by atoms with van der Waals surface area (Å²) in [5, 5.41) is 0.639. The maximum Gasteiger partial charge on any atom is 0.319 e. The number of aromatic nitrogens is 2. The third-order valence-electron chi connectivity index (χ3n) is 3.06. The fraction of sp³-hybridized carbons (Fsp3) is 0.533. The van der Waals surface area contributed by atoms with E-state index in [0.29, 0.717) is 27.9 Å². The third kappa shape index (κ3) is 4.33. The highest BCUT2D eigenvalue weighted by Gasteiger charge is 2.18. The molecular formula is C15H20N2O3S2. The Morgan fingerprint density at radius 1 is 1.45 bits per heavy atom. The number of rotatable bonds is 6. The van der Waals surface area contributed by atoms with E-state index in [-0.39, 0.29) is 11.5 Å². The SMILES string of the molecule is Cc1cc2c(=O)[nH]c(SC(C)C(=O)OCCC(C)C)nc2s1. The molecule has 1 unspecified atom stereocenters. The minimum absolute atomic E-state index is 0.169. The zero-order valence-corrected chi connectivity index (χ0v) is 14.8. The molecular weight excluding hydrogens is 320 g/mol. The van der Waals surface area contributed by atoms with Gasteiger partial charge in [0.2, 0.25) is 0 Å². The number of nitrogens with one attached hydrogen (secondary N) is 1. The highest BCUT2D eigenvalue weighted by atomic mass is 32.2. The summed E-state index contributed by atoms with van der Waals surface area (Å²) in [5.41, 5.74) is -0.169. The van der Waals surface area contributed by atoms with Gasteiger partial charge in [0.15, 0.2) is 5.16 Å². The number of ether oxygens (including phenoxy) is 1. The Hall–Kier alpha value is -1.34. The molecule has 0 aliphatic rings. The van der Waals surface area contributed by atoms with Crippen molar-refractivity contribution in [2.45, 2.75) is 44.5 Å². The van der Waals surface area contributed by atoms with Crippen LogP contribution < -0.4 is 5.56 Å². The topological polar surface area (TPSA) is 72.0 Å². The minimum atomic E-state index is -0.408. The smallest absolute Gasteiger partial charge is 0.319 e. The number of aryl methyl sites for hydroxylation is 1. The molecule has 0 amide bonds. The zero-order valence-electron chi connectivity index (χ0n) is 13.1. The first-order valence-corrected chi connectivity index (χ1v) is 8.90. The number of thiophene rings is 1. The van der Waals surface area contributed by atoms with Crippen LogP contribution in [-0.2, 0) is 9.53 Å². The number of hydrogen-bond acceptors (Lipinski definition) is 6. The van der Waals surface area contributed by atoms with Crippen molar-refractivity contribution in [1.29, 1.82) is 0 Å². The van der Waals surface area contributed by atoms with Gasteiger partial charge in [-0.25, -0.2) is 4.98 Å². The highest BCUT2D eigenvalue weighted by molar-refractivity contribution is 8.00. The molecule has 0 saturated heterocycles. The number of aromatic amines is 1. The van der Waals surface area contributed by atoms with Crippen molar-refractivity contribution in [1.82, 2.24) is 9.97 Å². The molecule has 2 aromatic heterocycles. The van der Waals surface area contributed by atoms with E-state index in [2.05, 4.69) is 23.8 Å². The Balaban J connectivity index is 2.03. The first-order chi connectivity index (χ1) is 10.4. The average molecular weight is 340 g/mol. The number of carbonyl (C=O) groups excluding carboxylic acids is 1. The molecule has 0 aliphatic carbocycles. The summed E-state index contributed by atoms with van der Waals surface area (Å²) in [6, 6.07) is 1.82. The number of H-pyrrole nitrogens is 1. The van der Waals surface area contributed by atoms with Crippen molar-refractivity contribution in [2.24, 2.45) is 5.92 Å². The minimum Gasteiger partial charge on any atom is -0.465 e. The van der Waals surface area contributed by atoms with Crippen molar-refractivity contribution in [3.8, 4) is 0 Å². The van der Waals surface area contributed by atoms with E-state index in [0.717, 1.165) is 11.3 Å². The van der Waals surface area contributed by atoms with Gasteiger partial charge < -0.3 is 9.72 Å².